The van der Waals surface area contributed by atoms with Crippen LogP contribution in [0.15, 0.2) is 78.9 Å². The van der Waals surface area contributed by atoms with Crippen molar-refractivity contribution in [1.82, 2.24) is 0 Å². The second-order valence-corrected chi connectivity index (χ2v) is 8.83. The van der Waals surface area contributed by atoms with Crippen LogP contribution in [0.3, 0.4) is 0 Å². The molecule has 0 saturated heterocycles. The van der Waals surface area contributed by atoms with Gasteiger partial charge in [0.1, 0.15) is 6.61 Å². The molecule has 0 bridgehead atoms. The molecular weight excluding hydrogens is 555 g/mol. The average Bonchev–Trinajstić information content (AvgIpc) is 2.87. The maximum Gasteiger partial charge on any atom is 0.269 e. The van der Waals surface area contributed by atoms with E-state index in [1.165, 1.54) is 12.1 Å². The molecule has 0 heterocycles. The highest BCUT2D eigenvalue weighted by atomic mass is 127. The maximum atomic E-state index is 10.9. The minimum absolute atomic E-state index is 0.0361. The second-order valence-electron chi connectivity index (χ2n) is 7.67. The molecule has 0 atom stereocenters. The fourth-order valence-corrected chi connectivity index (χ4v) is 4.52. The first kappa shape index (κ1) is 24.2. The molecule has 0 radical (unpaired) electrons. The molecule has 4 rings (SSSR count). The van der Waals surface area contributed by atoms with Crippen molar-refractivity contribution >= 4 is 50.7 Å². The lowest BCUT2D eigenvalue weighted by Crippen LogP contribution is -2.02. The van der Waals surface area contributed by atoms with Crippen LogP contribution in [0.5, 0.6) is 11.5 Å². The minimum Gasteiger partial charge on any atom is -0.490 e. The van der Waals surface area contributed by atoms with Gasteiger partial charge in [-0.15, -0.1) is 0 Å². The molecule has 35 heavy (non-hydrogen) atoms. The van der Waals surface area contributed by atoms with Gasteiger partial charge in [-0.3, -0.25) is 10.1 Å². The minimum atomic E-state index is -0.430. The Bertz CT molecular complexity index is 1450. The monoisotopic (exact) mass is 576 g/mol. The summed E-state index contributed by atoms with van der Waals surface area (Å²) >= 11 is 2.19. The number of fused-ring (bicyclic) bond motifs is 1. The third kappa shape index (κ3) is 5.61. The highest BCUT2D eigenvalue weighted by Gasteiger charge is 2.14. The lowest BCUT2D eigenvalue weighted by Gasteiger charge is -2.15. The number of halogens is 1. The van der Waals surface area contributed by atoms with E-state index >= 15 is 0 Å². The van der Waals surface area contributed by atoms with Gasteiger partial charge in [-0.05, 0) is 81.8 Å². The van der Waals surface area contributed by atoms with Crippen molar-refractivity contribution in [2.45, 2.75) is 13.5 Å². The van der Waals surface area contributed by atoms with Gasteiger partial charge in [-0.25, -0.2) is 0 Å². The van der Waals surface area contributed by atoms with Crippen molar-refractivity contribution in [3.8, 4) is 17.6 Å². The predicted molar refractivity (Wildman–Crippen MR) is 145 cm³/mol. The SMILES string of the molecule is CCOc1cc(/C=C(/C#N)c2cccc3ccccc23)cc(I)c1OCc1ccc([N+](=O)[O-])cc1. The van der Waals surface area contributed by atoms with Crippen LogP contribution in [0.1, 0.15) is 23.6 Å². The summed E-state index contributed by atoms with van der Waals surface area (Å²) in [4.78, 5) is 10.4. The third-order valence-corrected chi connectivity index (χ3v) is 6.17. The number of nitrogens with zero attached hydrogens (tertiary/aromatic N) is 2. The van der Waals surface area contributed by atoms with E-state index in [9.17, 15) is 15.4 Å². The Hall–Kier alpha value is -3.90. The number of hydrogen-bond donors (Lipinski definition) is 0. The van der Waals surface area contributed by atoms with Gasteiger partial charge in [0.2, 0.25) is 0 Å². The molecule has 0 spiro atoms. The van der Waals surface area contributed by atoms with E-state index < -0.39 is 4.92 Å². The number of non-ortho nitro benzene ring substituents is 1. The summed E-state index contributed by atoms with van der Waals surface area (Å²) < 4.78 is 12.7. The summed E-state index contributed by atoms with van der Waals surface area (Å²) in [5.41, 5.74) is 3.09. The molecule has 0 aliphatic carbocycles. The summed E-state index contributed by atoms with van der Waals surface area (Å²) in [6.07, 6.45) is 1.85. The summed E-state index contributed by atoms with van der Waals surface area (Å²) in [5.74, 6) is 1.16. The van der Waals surface area contributed by atoms with Crippen molar-refractivity contribution in [2.75, 3.05) is 6.61 Å². The molecule has 0 unspecified atom stereocenters. The Morgan fingerprint density at radius 3 is 2.51 bits per heavy atom. The Balaban J connectivity index is 1.66. The van der Waals surface area contributed by atoms with Crippen LogP contribution in [0.4, 0.5) is 5.69 Å². The normalized spacial score (nSPS) is 11.2. The number of nitriles is 1. The van der Waals surface area contributed by atoms with E-state index in [2.05, 4.69) is 28.7 Å². The molecule has 0 N–H and O–H groups in total. The van der Waals surface area contributed by atoms with Crippen LogP contribution in [0, 0.1) is 25.0 Å². The lowest BCUT2D eigenvalue weighted by atomic mass is 9.97. The summed E-state index contributed by atoms with van der Waals surface area (Å²) in [7, 11) is 0. The predicted octanol–water partition coefficient (Wildman–Crippen LogP) is 7.39. The zero-order valence-electron chi connectivity index (χ0n) is 18.9. The van der Waals surface area contributed by atoms with Gasteiger partial charge in [0.05, 0.1) is 26.7 Å². The van der Waals surface area contributed by atoms with Gasteiger partial charge in [0.25, 0.3) is 5.69 Å². The summed E-state index contributed by atoms with van der Waals surface area (Å²) in [5, 5.41) is 22.9. The first-order valence-corrected chi connectivity index (χ1v) is 12.0. The molecule has 0 fully saturated rings. The van der Waals surface area contributed by atoms with E-state index in [0.29, 0.717) is 23.7 Å². The average molecular weight is 576 g/mol. The van der Waals surface area contributed by atoms with Gasteiger partial charge >= 0.3 is 0 Å². The van der Waals surface area contributed by atoms with Crippen LogP contribution in [-0.2, 0) is 6.61 Å². The number of allylic oxidation sites excluding steroid dienone is 1. The number of rotatable bonds is 8. The molecule has 0 aliphatic heterocycles. The van der Waals surface area contributed by atoms with E-state index in [1.807, 2.05) is 67.6 Å². The topological polar surface area (TPSA) is 85.4 Å². The van der Waals surface area contributed by atoms with Gasteiger partial charge in [0.15, 0.2) is 11.5 Å². The Kier molecular flexibility index (Phi) is 7.63. The van der Waals surface area contributed by atoms with Crippen LogP contribution in [0.2, 0.25) is 0 Å². The highest BCUT2D eigenvalue weighted by molar-refractivity contribution is 14.1. The van der Waals surface area contributed by atoms with Gasteiger partial charge in [-0.2, -0.15) is 5.26 Å². The smallest absolute Gasteiger partial charge is 0.269 e. The van der Waals surface area contributed by atoms with Crippen molar-refractivity contribution in [3.63, 3.8) is 0 Å². The van der Waals surface area contributed by atoms with Crippen molar-refractivity contribution in [3.05, 3.63) is 109 Å². The van der Waals surface area contributed by atoms with Gasteiger partial charge in [0, 0.05) is 17.7 Å². The van der Waals surface area contributed by atoms with E-state index in [0.717, 1.165) is 31.0 Å². The van der Waals surface area contributed by atoms with E-state index in [1.54, 1.807) is 12.1 Å². The Morgan fingerprint density at radius 2 is 1.80 bits per heavy atom. The molecule has 6 nitrogen and oxygen atoms in total. The quantitative estimate of drug-likeness (QED) is 0.0718. The Labute approximate surface area is 216 Å². The highest BCUT2D eigenvalue weighted by Crippen LogP contribution is 2.36. The van der Waals surface area contributed by atoms with Gasteiger partial charge in [-0.1, -0.05) is 42.5 Å². The first-order chi connectivity index (χ1) is 17.0. The van der Waals surface area contributed by atoms with Crippen LogP contribution in [-0.4, -0.2) is 11.5 Å². The van der Waals surface area contributed by atoms with Crippen molar-refractivity contribution in [2.24, 2.45) is 0 Å². The molecule has 174 valence electrons. The molecule has 0 saturated carbocycles. The second kappa shape index (κ2) is 11.0. The molecule has 4 aromatic carbocycles. The zero-order chi connectivity index (χ0) is 24.8. The standard InChI is InChI=1S/C28H21IN2O4/c1-2-34-27-16-20(14-22(17-30)25-9-5-7-21-6-3-4-8-24(21)25)15-26(29)28(27)35-18-19-10-12-23(13-11-19)31(32)33/h3-16H,2,18H2,1H3/b22-14-. The van der Waals surface area contributed by atoms with Crippen LogP contribution < -0.4 is 9.47 Å². The van der Waals surface area contributed by atoms with Crippen molar-refractivity contribution < 1.29 is 14.4 Å². The summed E-state index contributed by atoms with van der Waals surface area (Å²) in [6.45, 7) is 2.58. The fourth-order valence-electron chi connectivity index (χ4n) is 3.74. The van der Waals surface area contributed by atoms with E-state index in [-0.39, 0.29) is 12.3 Å². The molecule has 0 aliphatic rings. The Morgan fingerprint density at radius 1 is 1.06 bits per heavy atom. The van der Waals surface area contributed by atoms with E-state index in [4.69, 9.17) is 9.47 Å². The number of nitro groups is 1. The molecule has 4 aromatic rings. The lowest BCUT2D eigenvalue weighted by molar-refractivity contribution is -0.384. The van der Waals surface area contributed by atoms with Gasteiger partial charge < -0.3 is 9.47 Å². The largest absolute Gasteiger partial charge is 0.490 e. The number of nitro benzene ring substituents is 1. The zero-order valence-corrected chi connectivity index (χ0v) is 21.1. The fraction of sp³-hybridized carbons (Fsp3) is 0.107. The van der Waals surface area contributed by atoms with Crippen LogP contribution in [0.25, 0.3) is 22.4 Å². The number of benzene rings is 4. The first-order valence-electron chi connectivity index (χ1n) is 10.9. The molecule has 0 aromatic heterocycles. The molecule has 7 heteroatoms. The summed E-state index contributed by atoms with van der Waals surface area (Å²) in [6, 6.07) is 26.3. The van der Waals surface area contributed by atoms with Crippen LogP contribution >= 0.6 is 22.6 Å². The maximum absolute atomic E-state index is 10.9. The number of ether oxygens (including phenoxy) is 2. The molecular formula is C28H21IN2O4. The third-order valence-electron chi connectivity index (χ3n) is 5.37. The number of hydrogen-bond acceptors (Lipinski definition) is 5. The van der Waals surface area contributed by atoms with Crippen molar-refractivity contribution in [1.29, 1.82) is 5.26 Å². The molecule has 0 amide bonds.